The molecule has 5 nitrogen and oxygen atoms in total. The van der Waals surface area contributed by atoms with Gasteiger partial charge < -0.3 is 14.8 Å². The Hall–Kier alpha value is -2.53. The molecule has 1 aliphatic rings. The quantitative estimate of drug-likeness (QED) is 0.803. The monoisotopic (exact) mass is 359 g/mol. The second-order valence-corrected chi connectivity index (χ2v) is 6.12. The van der Waals surface area contributed by atoms with Crippen LogP contribution in [0.1, 0.15) is 28.8 Å². The van der Waals surface area contributed by atoms with Crippen molar-refractivity contribution in [3.63, 3.8) is 0 Å². The van der Waals surface area contributed by atoms with E-state index in [2.05, 4.69) is 5.32 Å². The number of rotatable bonds is 6. The van der Waals surface area contributed by atoms with Gasteiger partial charge in [-0.05, 0) is 35.9 Å². The maximum atomic E-state index is 12.3. The van der Waals surface area contributed by atoms with Crippen LogP contribution in [-0.2, 0) is 11.3 Å². The average Bonchev–Trinajstić information content (AvgIpc) is 2.65. The lowest BCUT2D eigenvalue weighted by molar-refractivity contribution is -0.121. The summed E-state index contributed by atoms with van der Waals surface area (Å²) in [4.78, 5) is 24.2. The van der Waals surface area contributed by atoms with E-state index in [9.17, 15) is 9.59 Å². The number of hydrogen-bond acceptors (Lipinski definition) is 4. The van der Waals surface area contributed by atoms with E-state index >= 15 is 0 Å². The third kappa shape index (κ3) is 4.73. The van der Waals surface area contributed by atoms with E-state index in [4.69, 9.17) is 21.1 Å². The van der Waals surface area contributed by atoms with E-state index in [0.29, 0.717) is 41.8 Å². The molecule has 0 aliphatic carbocycles. The topological polar surface area (TPSA) is 64.6 Å². The lowest BCUT2D eigenvalue weighted by Crippen LogP contribution is -2.23. The minimum absolute atomic E-state index is 0.0985. The van der Waals surface area contributed by atoms with Crippen LogP contribution in [0, 0.1) is 0 Å². The fraction of sp³-hybridized carbons (Fsp3) is 0.263. The molecule has 1 N–H and O–H groups in total. The number of carbonyl (C=O) groups excluding carboxylic acids is 2. The number of hydrogen-bond donors (Lipinski definition) is 1. The number of fused-ring (bicyclic) bond motifs is 1. The maximum Gasteiger partial charge on any atom is 0.220 e. The van der Waals surface area contributed by atoms with Crippen molar-refractivity contribution >= 4 is 23.3 Å². The Morgan fingerprint density at radius 2 is 1.68 bits per heavy atom. The van der Waals surface area contributed by atoms with Crippen LogP contribution in [-0.4, -0.2) is 24.9 Å². The Kier molecular flexibility index (Phi) is 5.56. The molecular weight excluding hydrogens is 342 g/mol. The van der Waals surface area contributed by atoms with Crippen LogP contribution >= 0.6 is 11.6 Å². The van der Waals surface area contributed by atoms with Crippen LogP contribution in [0.3, 0.4) is 0 Å². The van der Waals surface area contributed by atoms with Crippen molar-refractivity contribution in [2.45, 2.75) is 19.4 Å². The van der Waals surface area contributed by atoms with E-state index in [1.54, 1.807) is 30.3 Å². The summed E-state index contributed by atoms with van der Waals surface area (Å²) in [6, 6.07) is 12.3. The lowest BCUT2D eigenvalue weighted by atomic mass is 10.1. The molecule has 0 aromatic heterocycles. The molecule has 3 rings (SSSR count). The number of carbonyl (C=O) groups is 2. The van der Waals surface area contributed by atoms with Gasteiger partial charge in [0.25, 0.3) is 0 Å². The number of benzene rings is 2. The first-order chi connectivity index (χ1) is 12.1. The summed E-state index contributed by atoms with van der Waals surface area (Å²) in [5.74, 6) is 0.951. The fourth-order valence-corrected chi connectivity index (χ4v) is 2.61. The van der Waals surface area contributed by atoms with E-state index in [1.165, 1.54) is 0 Å². The smallest absolute Gasteiger partial charge is 0.220 e. The molecule has 0 fully saturated rings. The summed E-state index contributed by atoms with van der Waals surface area (Å²) in [5, 5.41) is 3.45. The number of ether oxygens (including phenoxy) is 2. The zero-order valence-electron chi connectivity index (χ0n) is 13.6. The second-order valence-electron chi connectivity index (χ2n) is 5.68. The van der Waals surface area contributed by atoms with Gasteiger partial charge in [0, 0.05) is 30.0 Å². The predicted molar refractivity (Wildman–Crippen MR) is 94.3 cm³/mol. The molecule has 0 bridgehead atoms. The van der Waals surface area contributed by atoms with Crippen molar-refractivity contribution < 1.29 is 19.1 Å². The number of Topliss-reactive ketones (excluding diaryl/α,β-unsaturated/α-hetero) is 1. The van der Waals surface area contributed by atoms with Crippen LogP contribution in [0.25, 0.3) is 0 Å². The minimum atomic E-state index is -0.166. The van der Waals surface area contributed by atoms with Crippen molar-refractivity contribution in [2.24, 2.45) is 0 Å². The van der Waals surface area contributed by atoms with E-state index in [0.717, 1.165) is 5.56 Å². The molecule has 0 radical (unpaired) electrons. The first-order valence-electron chi connectivity index (χ1n) is 8.06. The third-order valence-corrected chi connectivity index (χ3v) is 4.10. The van der Waals surface area contributed by atoms with Gasteiger partial charge in [-0.3, -0.25) is 9.59 Å². The molecule has 0 unspecified atom stereocenters. The SMILES string of the molecule is O=C(CCC(=O)c1ccc2c(c1)OCCO2)NCc1ccc(Cl)cc1. The number of nitrogens with one attached hydrogen (secondary N) is 1. The molecule has 1 heterocycles. The Bertz CT molecular complexity index is 773. The lowest BCUT2D eigenvalue weighted by Gasteiger charge is -2.18. The fourth-order valence-electron chi connectivity index (χ4n) is 2.48. The molecule has 25 heavy (non-hydrogen) atoms. The minimum Gasteiger partial charge on any atom is -0.486 e. The van der Waals surface area contributed by atoms with Gasteiger partial charge in [-0.2, -0.15) is 0 Å². The van der Waals surface area contributed by atoms with Crippen molar-refractivity contribution in [3.05, 3.63) is 58.6 Å². The molecule has 2 aromatic carbocycles. The number of amides is 1. The highest BCUT2D eigenvalue weighted by molar-refractivity contribution is 6.30. The van der Waals surface area contributed by atoms with Gasteiger partial charge in [-0.1, -0.05) is 23.7 Å². The molecular formula is C19H18ClNO4. The Morgan fingerprint density at radius 3 is 2.44 bits per heavy atom. The highest BCUT2D eigenvalue weighted by Crippen LogP contribution is 2.31. The number of halogens is 1. The summed E-state index contributed by atoms with van der Waals surface area (Å²) >= 11 is 5.82. The van der Waals surface area contributed by atoms with E-state index in [1.807, 2.05) is 12.1 Å². The van der Waals surface area contributed by atoms with Crippen molar-refractivity contribution in [1.29, 1.82) is 0 Å². The van der Waals surface area contributed by atoms with Gasteiger partial charge in [0.05, 0.1) is 0 Å². The molecule has 1 aliphatic heterocycles. The normalized spacial score (nSPS) is 12.5. The molecule has 0 spiro atoms. The van der Waals surface area contributed by atoms with Crippen LogP contribution in [0.5, 0.6) is 11.5 Å². The Morgan fingerprint density at radius 1 is 0.960 bits per heavy atom. The van der Waals surface area contributed by atoms with E-state index < -0.39 is 0 Å². The van der Waals surface area contributed by atoms with Crippen molar-refractivity contribution in [3.8, 4) is 11.5 Å². The Balaban J connectivity index is 1.48. The Labute approximate surface area is 150 Å². The van der Waals surface area contributed by atoms with Gasteiger partial charge in [-0.15, -0.1) is 0 Å². The molecule has 1 amide bonds. The zero-order valence-corrected chi connectivity index (χ0v) is 14.3. The van der Waals surface area contributed by atoms with Crippen LogP contribution in [0.15, 0.2) is 42.5 Å². The van der Waals surface area contributed by atoms with Gasteiger partial charge in [0.15, 0.2) is 17.3 Å². The highest BCUT2D eigenvalue weighted by atomic mass is 35.5. The van der Waals surface area contributed by atoms with Crippen LogP contribution in [0.2, 0.25) is 5.02 Å². The predicted octanol–water partition coefficient (Wildman–Crippen LogP) is 3.39. The zero-order chi connectivity index (χ0) is 17.6. The van der Waals surface area contributed by atoms with Gasteiger partial charge in [0.2, 0.25) is 5.91 Å². The first kappa shape index (κ1) is 17.3. The molecule has 2 aromatic rings. The number of ketones is 1. The first-order valence-corrected chi connectivity index (χ1v) is 8.43. The van der Waals surface area contributed by atoms with Gasteiger partial charge in [0.1, 0.15) is 13.2 Å². The third-order valence-electron chi connectivity index (χ3n) is 3.85. The van der Waals surface area contributed by atoms with Gasteiger partial charge in [-0.25, -0.2) is 0 Å². The second kappa shape index (κ2) is 8.03. The molecule has 130 valence electrons. The average molecular weight is 360 g/mol. The summed E-state index contributed by atoms with van der Waals surface area (Å²) in [6.07, 6.45) is 0.285. The standard InChI is InChI=1S/C19H18ClNO4/c20-15-4-1-13(2-5-15)12-21-19(23)8-6-16(22)14-3-7-17-18(11-14)25-10-9-24-17/h1-5,7,11H,6,8-10,12H2,(H,21,23). The molecule has 0 atom stereocenters. The summed E-state index contributed by atoms with van der Waals surface area (Å²) < 4.78 is 10.9. The highest BCUT2D eigenvalue weighted by Gasteiger charge is 2.15. The van der Waals surface area contributed by atoms with Gasteiger partial charge >= 0.3 is 0 Å². The van der Waals surface area contributed by atoms with Crippen molar-refractivity contribution in [2.75, 3.05) is 13.2 Å². The van der Waals surface area contributed by atoms with Crippen LogP contribution < -0.4 is 14.8 Å². The summed E-state index contributed by atoms with van der Waals surface area (Å²) in [6.45, 7) is 1.39. The summed E-state index contributed by atoms with van der Waals surface area (Å²) in [7, 11) is 0. The molecule has 0 saturated carbocycles. The molecule has 0 saturated heterocycles. The van der Waals surface area contributed by atoms with Crippen LogP contribution in [0.4, 0.5) is 0 Å². The van der Waals surface area contributed by atoms with E-state index in [-0.39, 0.29) is 24.5 Å². The molecule has 6 heteroatoms. The largest absolute Gasteiger partial charge is 0.486 e. The maximum absolute atomic E-state index is 12.3. The van der Waals surface area contributed by atoms with Crippen molar-refractivity contribution in [1.82, 2.24) is 5.32 Å². The summed E-state index contributed by atoms with van der Waals surface area (Å²) in [5.41, 5.74) is 1.48.